The molecule has 108 valence electrons. The first kappa shape index (κ1) is 14.6. The van der Waals surface area contributed by atoms with Gasteiger partial charge in [-0.15, -0.1) is 0 Å². The van der Waals surface area contributed by atoms with Crippen molar-refractivity contribution in [1.29, 1.82) is 0 Å². The Hall–Kier alpha value is -0.810. The first-order valence-electron chi connectivity index (χ1n) is 6.91. The standard InChI is InChI=1S/C14H23NO3S/c1-10(2)11(3)19(16,17)9-14-7-6-13(18-14)8-15-12-4-5-12/h6-7,10-12,15H,4-5,8-9H2,1-3H3. The predicted molar refractivity (Wildman–Crippen MR) is 75.5 cm³/mol. The SMILES string of the molecule is CC(C)C(C)S(=O)(=O)Cc1ccc(CNC2CC2)o1. The van der Waals surface area contributed by atoms with Crippen LogP contribution in [0.5, 0.6) is 0 Å². The molecule has 5 heteroatoms. The zero-order valence-electron chi connectivity index (χ0n) is 11.8. The molecule has 1 aliphatic rings. The molecule has 0 amide bonds. The van der Waals surface area contributed by atoms with Crippen LogP contribution in [0.4, 0.5) is 0 Å². The fraction of sp³-hybridized carbons (Fsp3) is 0.714. The number of furan rings is 1. The average molecular weight is 285 g/mol. The lowest BCUT2D eigenvalue weighted by atomic mass is 10.2. The quantitative estimate of drug-likeness (QED) is 0.836. The van der Waals surface area contributed by atoms with Crippen LogP contribution < -0.4 is 5.32 Å². The number of sulfone groups is 1. The lowest BCUT2D eigenvalue weighted by Gasteiger charge is -2.15. The van der Waals surface area contributed by atoms with Crippen LogP contribution in [-0.4, -0.2) is 19.7 Å². The molecule has 19 heavy (non-hydrogen) atoms. The van der Waals surface area contributed by atoms with Gasteiger partial charge < -0.3 is 9.73 Å². The second-order valence-electron chi connectivity index (χ2n) is 5.78. The van der Waals surface area contributed by atoms with Crippen molar-refractivity contribution < 1.29 is 12.8 Å². The summed E-state index contributed by atoms with van der Waals surface area (Å²) < 4.78 is 29.9. The van der Waals surface area contributed by atoms with E-state index in [1.54, 1.807) is 13.0 Å². The van der Waals surface area contributed by atoms with Gasteiger partial charge in [0.05, 0.1) is 11.8 Å². The maximum Gasteiger partial charge on any atom is 0.160 e. The van der Waals surface area contributed by atoms with Crippen molar-refractivity contribution in [2.45, 2.75) is 57.2 Å². The molecule has 0 bridgehead atoms. The van der Waals surface area contributed by atoms with E-state index in [0.29, 0.717) is 18.3 Å². The molecule has 0 radical (unpaired) electrons. The highest BCUT2D eigenvalue weighted by Crippen LogP contribution is 2.21. The first-order chi connectivity index (χ1) is 8.88. The molecule has 0 spiro atoms. The van der Waals surface area contributed by atoms with E-state index in [1.807, 2.05) is 19.9 Å². The Bertz CT molecular complexity index is 515. The number of hydrogen-bond acceptors (Lipinski definition) is 4. The third kappa shape index (κ3) is 4.08. The molecule has 0 saturated heterocycles. The van der Waals surface area contributed by atoms with Crippen LogP contribution in [0.25, 0.3) is 0 Å². The second-order valence-corrected chi connectivity index (χ2v) is 8.14. The third-order valence-electron chi connectivity index (χ3n) is 3.71. The van der Waals surface area contributed by atoms with Crippen LogP contribution >= 0.6 is 0 Å². The van der Waals surface area contributed by atoms with Crippen molar-refractivity contribution >= 4 is 9.84 Å². The van der Waals surface area contributed by atoms with E-state index in [0.717, 1.165) is 5.76 Å². The summed E-state index contributed by atoms with van der Waals surface area (Å²) in [6.07, 6.45) is 2.46. The Morgan fingerprint density at radius 1 is 1.26 bits per heavy atom. The van der Waals surface area contributed by atoms with Gasteiger partial charge in [0.25, 0.3) is 0 Å². The van der Waals surface area contributed by atoms with E-state index in [2.05, 4.69) is 5.32 Å². The number of rotatable bonds is 7. The predicted octanol–water partition coefficient (Wildman–Crippen LogP) is 2.49. The molecule has 1 aliphatic carbocycles. The van der Waals surface area contributed by atoms with Crippen molar-refractivity contribution in [1.82, 2.24) is 5.32 Å². The average Bonchev–Trinajstić information content (AvgIpc) is 3.06. The topological polar surface area (TPSA) is 59.3 Å². The molecule has 0 aliphatic heterocycles. The van der Waals surface area contributed by atoms with Gasteiger partial charge in [-0.1, -0.05) is 13.8 Å². The summed E-state index contributed by atoms with van der Waals surface area (Å²) in [4.78, 5) is 0. The zero-order chi connectivity index (χ0) is 14.0. The second kappa shape index (κ2) is 5.67. The maximum absolute atomic E-state index is 12.2. The molecule has 1 aromatic heterocycles. The molecule has 1 fully saturated rings. The van der Waals surface area contributed by atoms with Crippen LogP contribution in [0, 0.1) is 5.92 Å². The summed E-state index contributed by atoms with van der Waals surface area (Å²) in [5.74, 6) is 1.47. The zero-order valence-corrected chi connectivity index (χ0v) is 12.7. The number of hydrogen-bond donors (Lipinski definition) is 1. The highest BCUT2D eigenvalue weighted by molar-refractivity contribution is 7.91. The van der Waals surface area contributed by atoms with Gasteiger partial charge in [0, 0.05) is 6.04 Å². The van der Waals surface area contributed by atoms with Crippen LogP contribution in [0.15, 0.2) is 16.5 Å². The Morgan fingerprint density at radius 3 is 2.47 bits per heavy atom. The molecule has 1 atom stereocenters. The van der Waals surface area contributed by atoms with E-state index in [1.165, 1.54) is 12.8 Å². The Kier molecular flexibility index (Phi) is 4.36. The van der Waals surface area contributed by atoms with E-state index in [4.69, 9.17) is 4.42 Å². The van der Waals surface area contributed by atoms with E-state index in [-0.39, 0.29) is 16.9 Å². The first-order valence-corrected chi connectivity index (χ1v) is 8.62. The fourth-order valence-electron chi connectivity index (χ4n) is 1.87. The van der Waals surface area contributed by atoms with Gasteiger partial charge >= 0.3 is 0 Å². The van der Waals surface area contributed by atoms with Gasteiger partial charge in [-0.3, -0.25) is 0 Å². The van der Waals surface area contributed by atoms with E-state index < -0.39 is 9.84 Å². The van der Waals surface area contributed by atoms with Gasteiger partial charge in [0.1, 0.15) is 17.3 Å². The highest BCUT2D eigenvalue weighted by Gasteiger charge is 2.25. The molecule has 1 saturated carbocycles. The summed E-state index contributed by atoms with van der Waals surface area (Å²) in [5, 5.41) is 3.00. The normalized spacial score (nSPS) is 17.9. The molecule has 1 unspecified atom stereocenters. The van der Waals surface area contributed by atoms with Gasteiger partial charge in [-0.05, 0) is 37.8 Å². The van der Waals surface area contributed by atoms with Crippen molar-refractivity contribution in [3.05, 3.63) is 23.7 Å². The third-order valence-corrected chi connectivity index (χ3v) is 6.07. The smallest absolute Gasteiger partial charge is 0.160 e. The molecule has 1 aromatic rings. The van der Waals surface area contributed by atoms with E-state index in [9.17, 15) is 8.42 Å². The molecule has 2 rings (SSSR count). The lowest BCUT2D eigenvalue weighted by molar-refractivity contribution is 0.453. The van der Waals surface area contributed by atoms with Crippen LogP contribution in [0.2, 0.25) is 0 Å². The van der Waals surface area contributed by atoms with Crippen LogP contribution in [-0.2, 0) is 22.1 Å². The highest BCUT2D eigenvalue weighted by atomic mass is 32.2. The van der Waals surface area contributed by atoms with Crippen molar-refractivity contribution in [2.75, 3.05) is 0 Å². The number of nitrogens with one attached hydrogen (secondary N) is 1. The maximum atomic E-state index is 12.2. The minimum Gasteiger partial charge on any atom is -0.464 e. The molecular weight excluding hydrogens is 262 g/mol. The summed E-state index contributed by atoms with van der Waals surface area (Å²) in [6, 6.07) is 4.26. The summed E-state index contributed by atoms with van der Waals surface area (Å²) >= 11 is 0. The molecular formula is C14H23NO3S. The molecule has 4 nitrogen and oxygen atoms in total. The minimum atomic E-state index is -3.13. The lowest BCUT2D eigenvalue weighted by Crippen LogP contribution is -2.24. The minimum absolute atomic E-state index is 0.00419. The van der Waals surface area contributed by atoms with Crippen molar-refractivity contribution in [3.8, 4) is 0 Å². The Morgan fingerprint density at radius 2 is 1.89 bits per heavy atom. The van der Waals surface area contributed by atoms with Gasteiger partial charge in [-0.2, -0.15) is 0 Å². The summed E-state index contributed by atoms with van der Waals surface area (Å²) in [5.41, 5.74) is 0. The Balaban J connectivity index is 1.94. The monoisotopic (exact) mass is 285 g/mol. The summed E-state index contributed by atoms with van der Waals surface area (Å²) in [6.45, 7) is 6.30. The molecule has 1 N–H and O–H groups in total. The van der Waals surface area contributed by atoms with Crippen molar-refractivity contribution in [3.63, 3.8) is 0 Å². The Labute approximate surface area is 115 Å². The summed E-state index contributed by atoms with van der Waals surface area (Å²) in [7, 11) is -3.13. The fourth-order valence-corrected chi connectivity index (χ4v) is 3.52. The van der Waals surface area contributed by atoms with Crippen molar-refractivity contribution in [2.24, 2.45) is 5.92 Å². The van der Waals surface area contributed by atoms with E-state index >= 15 is 0 Å². The van der Waals surface area contributed by atoms with Gasteiger partial charge in [-0.25, -0.2) is 8.42 Å². The van der Waals surface area contributed by atoms with Crippen LogP contribution in [0.1, 0.15) is 45.1 Å². The van der Waals surface area contributed by atoms with Crippen LogP contribution in [0.3, 0.4) is 0 Å². The van der Waals surface area contributed by atoms with Gasteiger partial charge in [0.2, 0.25) is 0 Å². The molecule has 0 aromatic carbocycles. The molecule has 1 heterocycles. The largest absolute Gasteiger partial charge is 0.464 e. The van der Waals surface area contributed by atoms with Gasteiger partial charge in [0.15, 0.2) is 9.84 Å².